The Balaban J connectivity index is 0.768. The van der Waals surface area contributed by atoms with Crippen LogP contribution in [0.25, 0.3) is 43.1 Å². The summed E-state index contributed by atoms with van der Waals surface area (Å²) in [5, 5.41) is 4.48. The van der Waals surface area contributed by atoms with Crippen molar-refractivity contribution in [3.05, 3.63) is 88.9 Å². The van der Waals surface area contributed by atoms with Crippen LogP contribution in [0.2, 0.25) is 20.1 Å². The summed E-state index contributed by atoms with van der Waals surface area (Å²) in [6.45, 7) is 10.2. The van der Waals surface area contributed by atoms with E-state index in [1.807, 2.05) is 0 Å². The molecule has 0 saturated carbocycles. The van der Waals surface area contributed by atoms with E-state index in [1.54, 1.807) is 24.3 Å². The molecule has 0 atom stereocenters. The summed E-state index contributed by atoms with van der Waals surface area (Å²) in [5.74, 6) is -1.09. The van der Waals surface area contributed by atoms with Crippen LogP contribution in [0.1, 0.15) is 223 Å². The van der Waals surface area contributed by atoms with Gasteiger partial charge in [-0.3, -0.25) is 38.6 Å². The zero-order valence-corrected chi connectivity index (χ0v) is 49.0. The standard InChI is InChI=1S/C64H74Cl4N2O8/c1-37-27-41(28-38(37)2)35-77-51(71)23-19-15-11-7-5-9-13-17-21-25-69-61(73)43-31-47(65)55-57-49(67)33-45-54-46(34-50(68)58(60(54)57)56-48(66)32-44(62(69)74)53(43)59(55)56)64(76)70(63(45)75)26-22-18-14-10-6-8-12-16-20-24-52(72)78-36-42-29-39(3)40(4)30-42/h31-34,41-42H,5-30,35-36H2,1-4H3. The fourth-order valence-electron chi connectivity index (χ4n) is 12.9. The summed E-state index contributed by atoms with van der Waals surface area (Å²) < 4.78 is 11.1. The van der Waals surface area contributed by atoms with Gasteiger partial charge in [-0.15, -0.1) is 0 Å². The number of hydrogen-bond acceptors (Lipinski definition) is 8. The van der Waals surface area contributed by atoms with Crippen molar-refractivity contribution in [2.24, 2.45) is 11.8 Å². The number of allylic oxidation sites excluding steroid dienone is 4. The molecule has 4 aliphatic rings. The van der Waals surface area contributed by atoms with Crippen LogP contribution in [0.15, 0.2) is 46.6 Å². The number of ether oxygens (including phenoxy) is 2. The van der Waals surface area contributed by atoms with Crippen molar-refractivity contribution in [2.45, 2.75) is 182 Å². The van der Waals surface area contributed by atoms with Crippen molar-refractivity contribution in [1.82, 2.24) is 9.80 Å². The predicted octanol–water partition coefficient (Wildman–Crippen LogP) is 17.9. The molecule has 0 aromatic heterocycles. The number of fused-ring (bicyclic) bond motifs is 2. The van der Waals surface area contributed by atoms with Gasteiger partial charge in [0, 0.05) is 101 Å². The first-order chi connectivity index (χ1) is 37.5. The summed E-state index contributed by atoms with van der Waals surface area (Å²) in [4.78, 5) is 84.4. The Bertz CT molecular complexity index is 2880. The quantitative estimate of drug-likeness (QED) is 0.0121. The van der Waals surface area contributed by atoms with E-state index in [1.165, 1.54) is 32.1 Å². The monoisotopic (exact) mass is 1140 g/mol. The highest BCUT2D eigenvalue weighted by atomic mass is 35.5. The lowest BCUT2D eigenvalue weighted by Crippen LogP contribution is -2.41. The van der Waals surface area contributed by atoms with Crippen LogP contribution in [-0.2, 0) is 19.1 Å². The molecule has 10 nitrogen and oxygen atoms in total. The topological polar surface area (TPSA) is 127 Å². The Morgan fingerprint density at radius 1 is 0.385 bits per heavy atom. The second kappa shape index (κ2) is 25.8. The van der Waals surface area contributed by atoms with Gasteiger partial charge in [-0.1, -0.05) is 159 Å². The number of benzene rings is 5. The van der Waals surface area contributed by atoms with Gasteiger partial charge in [0.2, 0.25) is 0 Å². The molecule has 4 amide bonds. The molecule has 0 fully saturated rings. The Morgan fingerprint density at radius 2 is 0.628 bits per heavy atom. The molecule has 2 aliphatic heterocycles. The van der Waals surface area contributed by atoms with E-state index in [-0.39, 0.29) is 67.4 Å². The third-order valence-corrected chi connectivity index (χ3v) is 18.5. The van der Waals surface area contributed by atoms with E-state index < -0.39 is 23.6 Å². The molecular weight excluding hydrogens is 1070 g/mol. The second-order valence-corrected chi connectivity index (χ2v) is 24.7. The number of carbonyl (C=O) groups excluding carboxylic acids is 6. The molecule has 5 aromatic carbocycles. The molecule has 0 unspecified atom stereocenters. The third kappa shape index (κ3) is 12.3. The number of carbonyl (C=O) groups is 6. The van der Waals surface area contributed by atoms with Gasteiger partial charge in [-0.2, -0.15) is 0 Å². The van der Waals surface area contributed by atoms with Gasteiger partial charge in [0.1, 0.15) is 0 Å². The van der Waals surface area contributed by atoms with Crippen molar-refractivity contribution in [2.75, 3.05) is 26.3 Å². The zero-order valence-electron chi connectivity index (χ0n) is 45.9. The van der Waals surface area contributed by atoms with E-state index in [2.05, 4.69) is 27.7 Å². The van der Waals surface area contributed by atoms with E-state index in [0.717, 1.165) is 128 Å². The van der Waals surface area contributed by atoms with Crippen molar-refractivity contribution in [3.63, 3.8) is 0 Å². The molecule has 0 saturated heterocycles. The van der Waals surface area contributed by atoms with Crippen LogP contribution >= 0.6 is 46.4 Å². The number of rotatable bonds is 28. The fourth-order valence-corrected chi connectivity index (χ4v) is 14.1. The Morgan fingerprint density at radius 3 is 0.897 bits per heavy atom. The van der Waals surface area contributed by atoms with E-state index >= 15 is 0 Å². The molecule has 416 valence electrons. The number of halogens is 4. The lowest BCUT2D eigenvalue weighted by Gasteiger charge is -2.31. The molecule has 9 rings (SSSR count). The van der Waals surface area contributed by atoms with Gasteiger partial charge >= 0.3 is 11.9 Å². The minimum absolute atomic E-state index is 0.0935. The van der Waals surface area contributed by atoms with Crippen LogP contribution in [-0.4, -0.2) is 71.7 Å². The highest BCUT2D eigenvalue weighted by Crippen LogP contribution is 2.54. The molecule has 0 N–H and O–H groups in total. The SMILES string of the molecule is CC1=C(C)CC(COC(=O)CCCCCCCCCCCN2C(=O)c3cc(Cl)c4c5c(Cl)cc6c7c(cc(Cl)c(c8c(Cl)cc(c3c48)C2=O)c75)C(=O)N(CCCCCCCCCCCC(=O)OCC2CC(C)=C(C)C2)C6=O)C1. The highest BCUT2D eigenvalue weighted by molar-refractivity contribution is 6.56. The minimum atomic E-state index is -0.441. The van der Waals surface area contributed by atoms with E-state index in [9.17, 15) is 28.8 Å². The van der Waals surface area contributed by atoms with Crippen LogP contribution in [0.3, 0.4) is 0 Å². The molecule has 0 spiro atoms. The maximum absolute atomic E-state index is 14.3. The average molecular weight is 1140 g/mol. The van der Waals surface area contributed by atoms with Crippen molar-refractivity contribution in [1.29, 1.82) is 0 Å². The number of amides is 4. The summed E-state index contributed by atoms with van der Waals surface area (Å²) >= 11 is 28.9. The van der Waals surface area contributed by atoms with E-state index in [4.69, 9.17) is 55.9 Å². The minimum Gasteiger partial charge on any atom is -0.465 e. The molecular formula is C64H74Cl4N2O8. The lowest BCUT2D eigenvalue weighted by molar-refractivity contribution is -0.146. The van der Waals surface area contributed by atoms with Gasteiger partial charge in [-0.05, 0) is 103 Å². The van der Waals surface area contributed by atoms with E-state index in [0.29, 0.717) is 93.8 Å². The Hall–Kier alpha value is -4.74. The van der Waals surface area contributed by atoms with Crippen molar-refractivity contribution >= 4 is 125 Å². The molecule has 2 heterocycles. The van der Waals surface area contributed by atoms with Crippen LogP contribution in [0.5, 0.6) is 0 Å². The lowest BCUT2D eigenvalue weighted by atomic mass is 9.82. The Labute approximate surface area is 479 Å². The van der Waals surface area contributed by atoms with Crippen molar-refractivity contribution in [3.8, 4) is 0 Å². The second-order valence-electron chi connectivity index (χ2n) is 23.0. The summed E-state index contributed by atoms with van der Waals surface area (Å²) in [7, 11) is 0. The first-order valence-corrected chi connectivity index (χ1v) is 30.4. The highest BCUT2D eigenvalue weighted by Gasteiger charge is 2.39. The van der Waals surface area contributed by atoms with Gasteiger partial charge in [-0.25, -0.2) is 0 Å². The van der Waals surface area contributed by atoms with Gasteiger partial charge in [0.05, 0.1) is 35.5 Å². The summed E-state index contributed by atoms with van der Waals surface area (Å²) in [6.07, 6.45) is 22.3. The predicted molar refractivity (Wildman–Crippen MR) is 315 cm³/mol. The average Bonchev–Trinajstić information content (AvgIpc) is 2.96. The normalized spacial score (nSPS) is 16.2. The fraction of sp³-hybridized carbons (Fsp3) is 0.531. The molecule has 14 heteroatoms. The maximum atomic E-state index is 14.3. The van der Waals surface area contributed by atoms with Gasteiger partial charge < -0.3 is 9.47 Å². The number of imide groups is 2. The van der Waals surface area contributed by atoms with Gasteiger partial charge in [0.25, 0.3) is 23.6 Å². The molecule has 0 radical (unpaired) electrons. The third-order valence-electron chi connectivity index (χ3n) is 17.3. The first-order valence-electron chi connectivity index (χ1n) is 28.9. The molecule has 5 aromatic rings. The number of nitrogens with zero attached hydrogens (tertiary/aromatic N) is 2. The largest absolute Gasteiger partial charge is 0.465 e. The van der Waals surface area contributed by atoms with Crippen LogP contribution < -0.4 is 0 Å². The van der Waals surface area contributed by atoms with Crippen LogP contribution in [0, 0.1) is 11.8 Å². The number of esters is 2. The molecule has 0 bridgehead atoms. The summed E-state index contributed by atoms with van der Waals surface area (Å²) in [5.41, 5.74) is 6.82. The maximum Gasteiger partial charge on any atom is 0.305 e. The zero-order chi connectivity index (χ0) is 55.4. The van der Waals surface area contributed by atoms with Crippen molar-refractivity contribution < 1.29 is 38.2 Å². The summed E-state index contributed by atoms with van der Waals surface area (Å²) in [6, 6.07) is 6.37. The molecule has 2 aliphatic carbocycles. The van der Waals surface area contributed by atoms with Gasteiger partial charge in [0.15, 0.2) is 0 Å². The Kier molecular flexibility index (Phi) is 19.2. The number of unbranched alkanes of at least 4 members (excludes halogenated alkanes) is 16. The number of hydrogen-bond donors (Lipinski definition) is 0. The smallest absolute Gasteiger partial charge is 0.305 e. The molecule has 78 heavy (non-hydrogen) atoms. The van der Waals surface area contributed by atoms with Crippen LogP contribution in [0.4, 0.5) is 0 Å². The first kappa shape index (κ1) is 57.9.